The van der Waals surface area contributed by atoms with Gasteiger partial charge >= 0.3 is 5.97 Å². The second kappa shape index (κ2) is 5.03. The van der Waals surface area contributed by atoms with Crippen LogP contribution in [0.5, 0.6) is 0 Å². The molecule has 1 amide bonds. The number of carbonyl (C=O) groups is 2. The number of amides is 1. The first kappa shape index (κ1) is 14.0. The minimum atomic E-state index is -3.42. The van der Waals surface area contributed by atoms with Crippen molar-refractivity contribution >= 4 is 21.7 Å². The molecule has 0 saturated carbocycles. The molecule has 0 aromatic rings. The summed E-state index contributed by atoms with van der Waals surface area (Å²) in [4.78, 5) is 23.9. The van der Waals surface area contributed by atoms with Crippen LogP contribution in [-0.4, -0.2) is 54.9 Å². The first-order valence-electron chi connectivity index (χ1n) is 5.40. The Hall–Kier alpha value is -1.11. The first-order chi connectivity index (χ1) is 7.70. The van der Waals surface area contributed by atoms with E-state index in [1.54, 1.807) is 0 Å². The van der Waals surface area contributed by atoms with E-state index in [1.807, 2.05) is 6.92 Å². The molecule has 1 heterocycles. The number of hydrogen-bond donors (Lipinski definition) is 1. The van der Waals surface area contributed by atoms with E-state index in [1.165, 1.54) is 4.90 Å². The van der Waals surface area contributed by atoms with Crippen molar-refractivity contribution in [1.82, 2.24) is 4.90 Å². The summed E-state index contributed by atoms with van der Waals surface area (Å²) < 4.78 is 22.1. The van der Waals surface area contributed by atoms with Gasteiger partial charge in [-0.05, 0) is 18.8 Å². The molecule has 1 rings (SSSR count). The molecule has 98 valence electrons. The zero-order valence-electron chi connectivity index (χ0n) is 9.92. The zero-order chi connectivity index (χ0) is 13.2. The van der Waals surface area contributed by atoms with E-state index < -0.39 is 33.5 Å². The Labute approximate surface area is 101 Å². The Bertz CT molecular complexity index is 416. The Morgan fingerprint density at radius 3 is 2.47 bits per heavy atom. The molecule has 1 aliphatic heterocycles. The molecule has 2 atom stereocenters. The van der Waals surface area contributed by atoms with Gasteiger partial charge in [-0.3, -0.25) is 4.79 Å². The van der Waals surface area contributed by atoms with Crippen molar-refractivity contribution in [2.45, 2.75) is 25.8 Å². The number of likely N-dealkylation sites (tertiary alicyclic amines) is 1. The van der Waals surface area contributed by atoms with Crippen LogP contribution in [0.4, 0.5) is 0 Å². The molecular formula is C10H17NO5S. The minimum absolute atomic E-state index is 0.235. The second-order valence-corrected chi connectivity index (χ2v) is 6.78. The normalized spacial score (nSPS) is 25.6. The van der Waals surface area contributed by atoms with Crippen molar-refractivity contribution in [2.24, 2.45) is 5.92 Å². The number of hydrogen-bond acceptors (Lipinski definition) is 4. The predicted octanol–water partition coefficient (Wildman–Crippen LogP) is -0.257. The number of sulfone groups is 1. The van der Waals surface area contributed by atoms with E-state index in [2.05, 4.69) is 0 Å². The maximum atomic E-state index is 11.7. The first-order valence-corrected chi connectivity index (χ1v) is 7.46. The third-order valence-electron chi connectivity index (χ3n) is 2.86. The van der Waals surface area contributed by atoms with Crippen molar-refractivity contribution in [3.63, 3.8) is 0 Å². The van der Waals surface area contributed by atoms with Gasteiger partial charge in [-0.25, -0.2) is 13.2 Å². The summed E-state index contributed by atoms with van der Waals surface area (Å²) in [5, 5.41) is 9.03. The van der Waals surface area contributed by atoms with E-state index in [9.17, 15) is 18.0 Å². The maximum Gasteiger partial charge on any atom is 0.326 e. The molecule has 0 aromatic heterocycles. The molecule has 17 heavy (non-hydrogen) atoms. The quantitative estimate of drug-likeness (QED) is 0.757. The smallest absolute Gasteiger partial charge is 0.326 e. The summed E-state index contributed by atoms with van der Waals surface area (Å²) in [6, 6.07) is -0.895. The highest BCUT2D eigenvalue weighted by Crippen LogP contribution is 2.22. The van der Waals surface area contributed by atoms with Crippen LogP contribution in [0, 0.1) is 5.92 Å². The Kier molecular flexibility index (Phi) is 4.13. The van der Waals surface area contributed by atoms with E-state index in [0.29, 0.717) is 19.4 Å². The van der Waals surface area contributed by atoms with Gasteiger partial charge in [0.25, 0.3) is 0 Å². The van der Waals surface area contributed by atoms with Gasteiger partial charge in [0.2, 0.25) is 5.91 Å². The van der Waals surface area contributed by atoms with Gasteiger partial charge in [0.05, 0.1) is 0 Å². The molecule has 1 aliphatic rings. The van der Waals surface area contributed by atoms with Crippen molar-refractivity contribution in [3.8, 4) is 0 Å². The average Bonchev–Trinajstić information content (AvgIpc) is 2.14. The fourth-order valence-corrected chi connectivity index (χ4v) is 2.60. The summed E-state index contributed by atoms with van der Waals surface area (Å²) in [5.74, 6) is -2.07. The molecule has 0 bridgehead atoms. The lowest BCUT2D eigenvalue weighted by Gasteiger charge is -2.35. The molecular weight excluding hydrogens is 246 g/mol. The summed E-state index contributed by atoms with van der Waals surface area (Å²) in [5.41, 5.74) is 0. The Morgan fingerprint density at radius 1 is 1.41 bits per heavy atom. The summed E-state index contributed by atoms with van der Waals surface area (Å²) in [7, 11) is -3.42. The summed E-state index contributed by atoms with van der Waals surface area (Å²) in [6.07, 6.45) is 2.05. The number of piperidine rings is 1. The van der Waals surface area contributed by atoms with Gasteiger partial charge in [-0.2, -0.15) is 0 Å². The highest BCUT2D eigenvalue weighted by molar-refractivity contribution is 7.91. The number of carboxylic acids is 1. The van der Waals surface area contributed by atoms with Crippen LogP contribution in [0.25, 0.3) is 0 Å². The monoisotopic (exact) mass is 263 g/mol. The standard InChI is InChI=1S/C10H17NO5S/c1-7-3-4-11(8(5-7)10(13)14)9(12)6-17(2,15)16/h7-8H,3-6H2,1-2H3,(H,13,14). The van der Waals surface area contributed by atoms with E-state index in [4.69, 9.17) is 5.11 Å². The Morgan fingerprint density at radius 2 is 2.00 bits per heavy atom. The van der Waals surface area contributed by atoms with Crippen molar-refractivity contribution in [1.29, 1.82) is 0 Å². The molecule has 6 nitrogen and oxygen atoms in total. The van der Waals surface area contributed by atoms with Gasteiger partial charge in [0.1, 0.15) is 11.8 Å². The third kappa shape index (κ3) is 3.99. The highest BCUT2D eigenvalue weighted by Gasteiger charge is 2.35. The average molecular weight is 263 g/mol. The van der Waals surface area contributed by atoms with E-state index >= 15 is 0 Å². The number of carboxylic acid groups (broad SMARTS) is 1. The van der Waals surface area contributed by atoms with Crippen molar-refractivity contribution in [2.75, 3.05) is 18.6 Å². The molecule has 0 spiro atoms. The predicted molar refractivity (Wildman–Crippen MR) is 61.2 cm³/mol. The molecule has 7 heteroatoms. The van der Waals surface area contributed by atoms with Crippen LogP contribution in [0.1, 0.15) is 19.8 Å². The lowest BCUT2D eigenvalue weighted by Crippen LogP contribution is -2.51. The molecule has 1 fully saturated rings. The number of aliphatic carboxylic acids is 1. The molecule has 0 radical (unpaired) electrons. The lowest BCUT2D eigenvalue weighted by atomic mass is 9.92. The maximum absolute atomic E-state index is 11.7. The van der Waals surface area contributed by atoms with E-state index in [-0.39, 0.29) is 5.92 Å². The second-order valence-electron chi connectivity index (χ2n) is 4.64. The van der Waals surface area contributed by atoms with Gasteiger partial charge in [0, 0.05) is 12.8 Å². The van der Waals surface area contributed by atoms with Crippen LogP contribution in [0.2, 0.25) is 0 Å². The summed E-state index contributed by atoms with van der Waals surface area (Å²) in [6.45, 7) is 2.24. The summed E-state index contributed by atoms with van der Waals surface area (Å²) >= 11 is 0. The fraction of sp³-hybridized carbons (Fsp3) is 0.800. The molecule has 0 aromatic carbocycles. The largest absolute Gasteiger partial charge is 0.480 e. The van der Waals surface area contributed by atoms with Gasteiger partial charge in [-0.1, -0.05) is 6.92 Å². The third-order valence-corrected chi connectivity index (χ3v) is 3.63. The molecule has 2 unspecified atom stereocenters. The Balaban J connectivity index is 2.80. The van der Waals surface area contributed by atoms with Crippen LogP contribution < -0.4 is 0 Å². The van der Waals surface area contributed by atoms with Crippen LogP contribution >= 0.6 is 0 Å². The minimum Gasteiger partial charge on any atom is -0.480 e. The van der Waals surface area contributed by atoms with Crippen LogP contribution in [0.15, 0.2) is 0 Å². The highest BCUT2D eigenvalue weighted by atomic mass is 32.2. The van der Waals surface area contributed by atoms with Gasteiger partial charge < -0.3 is 10.0 Å². The van der Waals surface area contributed by atoms with E-state index in [0.717, 1.165) is 6.26 Å². The molecule has 0 aliphatic carbocycles. The lowest BCUT2D eigenvalue weighted by molar-refractivity contribution is -0.152. The number of rotatable bonds is 3. The topological polar surface area (TPSA) is 91.8 Å². The molecule has 1 N–H and O–H groups in total. The van der Waals surface area contributed by atoms with Gasteiger partial charge in [0.15, 0.2) is 9.84 Å². The van der Waals surface area contributed by atoms with Gasteiger partial charge in [-0.15, -0.1) is 0 Å². The van der Waals surface area contributed by atoms with Crippen LogP contribution in [-0.2, 0) is 19.4 Å². The molecule has 1 saturated heterocycles. The van der Waals surface area contributed by atoms with Crippen LogP contribution in [0.3, 0.4) is 0 Å². The zero-order valence-corrected chi connectivity index (χ0v) is 10.7. The SMILES string of the molecule is CC1CCN(C(=O)CS(C)(=O)=O)C(C(=O)O)C1. The number of carbonyl (C=O) groups excluding carboxylic acids is 1. The number of nitrogens with zero attached hydrogens (tertiary/aromatic N) is 1. The van der Waals surface area contributed by atoms with Crippen molar-refractivity contribution < 1.29 is 23.1 Å². The fourth-order valence-electron chi connectivity index (χ4n) is 1.98. The van der Waals surface area contributed by atoms with Crippen molar-refractivity contribution in [3.05, 3.63) is 0 Å².